The Bertz CT molecular complexity index is 1230. The van der Waals surface area contributed by atoms with Crippen LogP contribution in [0.4, 0.5) is 0 Å². The molecule has 3 heterocycles. The van der Waals surface area contributed by atoms with Crippen molar-refractivity contribution in [3.05, 3.63) is 69.8 Å². The number of pyridine rings is 1. The number of H-pyrrole nitrogens is 1. The molecular formula is C24H26N6O2. The Kier molecular flexibility index (Phi) is 5.93. The van der Waals surface area contributed by atoms with Crippen LogP contribution in [0.5, 0.6) is 0 Å². The van der Waals surface area contributed by atoms with E-state index in [2.05, 4.69) is 34.9 Å². The number of amides is 1. The Morgan fingerprint density at radius 3 is 2.69 bits per heavy atom. The zero-order valence-electron chi connectivity index (χ0n) is 18.5. The van der Waals surface area contributed by atoms with Crippen LogP contribution < -0.4 is 5.56 Å². The summed E-state index contributed by atoms with van der Waals surface area (Å²) in [7, 11) is 0. The first-order valence-corrected chi connectivity index (χ1v) is 10.7. The molecule has 1 aliphatic rings. The highest BCUT2D eigenvalue weighted by atomic mass is 16.2. The van der Waals surface area contributed by atoms with E-state index in [4.69, 9.17) is 5.26 Å². The number of aryl methyl sites for hydroxylation is 1. The van der Waals surface area contributed by atoms with E-state index < -0.39 is 0 Å². The molecule has 1 aromatic carbocycles. The lowest BCUT2D eigenvalue weighted by atomic mass is 10.0. The lowest BCUT2D eigenvalue weighted by Crippen LogP contribution is -2.53. The van der Waals surface area contributed by atoms with Crippen molar-refractivity contribution in [2.45, 2.75) is 26.8 Å². The fourth-order valence-corrected chi connectivity index (χ4v) is 4.20. The molecule has 2 aromatic heterocycles. The summed E-state index contributed by atoms with van der Waals surface area (Å²) < 4.78 is 1.35. The number of aromatic amines is 1. The first-order valence-electron chi connectivity index (χ1n) is 10.7. The number of hydrogen-bond acceptors (Lipinski definition) is 5. The topological polar surface area (TPSA) is 98.0 Å². The number of likely N-dealkylation sites (N-methyl/N-ethyl adjacent to an activating group) is 1. The maximum atomic E-state index is 13.0. The van der Waals surface area contributed by atoms with E-state index in [-0.39, 0.29) is 17.5 Å². The van der Waals surface area contributed by atoms with Crippen LogP contribution in [0.1, 0.15) is 35.3 Å². The van der Waals surface area contributed by atoms with Gasteiger partial charge in [0.1, 0.15) is 0 Å². The average Bonchev–Trinajstić information content (AvgIpc) is 3.19. The number of nitrogens with one attached hydrogen (secondary N) is 1. The number of aromatic nitrogens is 3. The van der Waals surface area contributed by atoms with Crippen LogP contribution in [-0.4, -0.2) is 62.7 Å². The Balaban J connectivity index is 1.56. The minimum absolute atomic E-state index is 0.0416. The highest BCUT2D eigenvalue weighted by molar-refractivity contribution is 5.94. The molecule has 0 bridgehead atoms. The summed E-state index contributed by atoms with van der Waals surface area (Å²) in [5.74, 6) is 0.369. The number of nitriles is 1. The molecule has 164 valence electrons. The Morgan fingerprint density at radius 2 is 2.06 bits per heavy atom. The molecule has 8 nitrogen and oxygen atoms in total. The highest BCUT2D eigenvalue weighted by Crippen LogP contribution is 2.21. The van der Waals surface area contributed by atoms with Gasteiger partial charge in [-0.3, -0.25) is 19.6 Å². The Labute approximate surface area is 186 Å². The number of rotatable bonds is 4. The van der Waals surface area contributed by atoms with Crippen molar-refractivity contribution in [3.63, 3.8) is 0 Å². The van der Waals surface area contributed by atoms with Gasteiger partial charge in [0.15, 0.2) is 5.82 Å². The molecule has 1 amide bonds. The van der Waals surface area contributed by atoms with Crippen LogP contribution >= 0.6 is 0 Å². The first kappa shape index (κ1) is 21.5. The van der Waals surface area contributed by atoms with Crippen molar-refractivity contribution >= 4 is 5.91 Å². The van der Waals surface area contributed by atoms with Gasteiger partial charge in [-0.1, -0.05) is 13.0 Å². The molecule has 0 aliphatic carbocycles. The maximum absolute atomic E-state index is 13.0. The molecule has 1 fully saturated rings. The average molecular weight is 431 g/mol. The van der Waals surface area contributed by atoms with Crippen molar-refractivity contribution in [1.82, 2.24) is 24.6 Å². The van der Waals surface area contributed by atoms with Gasteiger partial charge in [-0.15, -0.1) is 0 Å². The molecule has 0 spiro atoms. The molecule has 1 saturated heterocycles. The second kappa shape index (κ2) is 8.81. The molecule has 0 radical (unpaired) electrons. The third-order valence-electron chi connectivity index (χ3n) is 6.06. The van der Waals surface area contributed by atoms with E-state index in [1.54, 1.807) is 36.5 Å². The summed E-state index contributed by atoms with van der Waals surface area (Å²) in [5.41, 5.74) is 2.92. The Morgan fingerprint density at radius 1 is 1.25 bits per heavy atom. The maximum Gasteiger partial charge on any atom is 0.280 e. The molecule has 3 aromatic rings. The highest BCUT2D eigenvalue weighted by Gasteiger charge is 2.27. The molecule has 4 rings (SSSR count). The predicted octanol–water partition coefficient (Wildman–Crippen LogP) is 2.57. The van der Waals surface area contributed by atoms with Gasteiger partial charge in [-0.05, 0) is 55.8 Å². The van der Waals surface area contributed by atoms with Crippen molar-refractivity contribution < 1.29 is 4.79 Å². The SMILES string of the molecule is CCN1CCN(C(=O)c2ccc(-n3[nH]cc(-c4ccc(C#N)cc4C)c3=O)nc2)C(C)C1. The third kappa shape index (κ3) is 3.95. The summed E-state index contributed by atoms with van der Waals surface area (Å²) in [6.45, 7) is 9.47. The normalized spacial score (nSPS) is 16.7. The lowest BCUT2D eigenvalue weighted by Gasteiger charge is -2.39. The summed E-state index contributed by atoms with van der Waals surface area (Å²) >= 11 is 0. The molecule has 1 N–H and O–H groups in total. The predicted molar refractivity (Wildman–Crippen MR) is 122 cm³/mol. The van der Waals surface area contributed by atoms with E-state index in [0.29, 0.717) is 29.1 Å². The summed E-state index contributed by atoms with van der Waals surface area (Å²) in [5, 5.41) is 12.0. The van der Waals surface area contributed by atoms with E-state index in [1.807, 2.05) is 11.8 Å². The van der Waals surface area contributed by atoms with E-state index in [1.165, 1.54) is 10.9 Å². The van der Waals surface area contributed by atoms with Crippen molar-refractivity contribution in [1.29, 1.82) is 5.26 Å². The van der Waals surface area contributed by atoms with Crippen molar-refractivity contribution in [2.75, 3.05) is 26.2 Å². The fourth-order valence-electron chi connectivity index (χ4n) is 4.20. The second-order valence-corrected chi connectivity index (χ2v) is 8.12. The van der Waals surface area contributed by atoms with Crippen molar-refractivity contribution in [3.8, 4) is 23.0 Å². The van der Waals surface area contributed by atoms with Gasteiger partial charge in [0.05, 0.1) is 22.8 Å². The second-order valence-electron chi connectivity index (χ2n) is 8.12. The number of benzene rings is 1. The lowest BCUT2D eigenvalue weighted by molar-refractivity contribution is 0.0499. The van der Waals surface area contributed by atoms with Crippen LogP contribution in [0.3, 0.4) is 0 Å². The quantitative estimate of drug-likeness (QED) is 0.686. The zero-order chi connectivity index (χ0) is 22.8. The van der Waals surface area contributed by atoms with Crippen LogP contribution in [0.25, 0.3) is 16.9 Å². The number of carbonyl (C=O) groups is 1. The van der Waals surface area contributed by atoms with E-state index in [9.17, 15) is 9.59 Å². The smallest absolute Gasteiger partial charge is 0.280 e. The van der Waals surface area contributed by atoms with Gasteiger partial charge < -0.3 is 4.90 Å². The van der Waals surface area contributed by atoms with Crippen molar-refractivity contribution in [2.24, 2.45) is 0 Å². The molecule has 8 heteroatoms. The van der Waals surface area contributed by atoms with E-state index in [0.717, 1.165) is 30.8 Å². The summed E-state index contributed by atoms with van der Waals surface area (Å²) in [6, 6.07) is 10.9. The Hall–Kier alpha value is -3.70. The molecule has 0 saturated carbocycles. The van der Waals surface area contributed by atoms with E-state index >= 15 is 0 Å². The van der Waals surface area contributed by atoms with Gasteiger partial charge in [0.2, 0.25) is 0 Å². The van der Waals surface area contributed by atoms with Crippen LogP contribution in [0.2, 0.25) is 0 Å². The van der Waals surface area contributed by atoms with Crippen LogP contribution in [0, 0.1) is 18.3 Å². The molecule has 32 heavy (non-hydrogen) atoms. The zero-order valence-corrected chi connectivity index (χ0v) is 18.5. The van der Waals surface area contributed by atoms with Gasteiger partial charge in [0, 0.05) is 38.1 Å². The monoisotopic (exact) mass is 430 g/mol. The molecule has 1 aliphatic heterocycles. The third-order valence-corrected chi connectivity index (χ3v) is 6.06. The standard InChI is InChI=1S/C24H26N6O2/c1-4-28-9-10-29(17(3)15-28)23(31)19-6-8-22(26-13-19)30-24(32)21(14-27-30)20-7-5-18(12-25)11-16(20)2/h5-8,11,13-14,17,27H,4,9-10,15H2,1-3H3. The molecular weight excluding hydrogens is 404 g/mol. The molecule has 1 unspecified atom stereocenters. The number of piperazine rings is 1. The number of carbonyl (C=O) groups excluding carboxylic acids is 1. The van der Waals surface area contributed by atoms with Crippen LogP contribution in [0.15, 0.2) is 47.5 Å². The minimum atomic E-state index is -0.242. The van der Waals surface area contributed by atoms with Gasteiger partial charge in [0.25, 0.3) is 11.5 Å². The minimum Gasteiger partial charge on any atom is -0.333 e. The molecule has 1 atom stereocenters. The number of hydrogen-bond donors (Lipinski definition) is 1. The van der Waals surface area contributed by atoms with Gasteiger partial charge in [-0.2, -0.15) is 5.26 Å². The number of nitrogens with zero attached hydrogens (tertiary/aromatic N) is 5. The van der Waals surface area contributed by atoms with Gasteiger partial charge >= 0.3 is 0 Å². The summed E-state index contributed by atoms with van der Waals surface area (Å²) in [6.07, 6.45) is 3.16. The first-order chi connectivity index (χ1) is 15.4. The largest absolute Gasteiger partial charge is 0.333 e. The summed E-state index contributed by atoms with van der Waals surface area (Å²) in [4.78, 5) is 34.5. The van der Waals surface area contributed by atoms with Gasteiger partial charge in [-0.25, -0.2) is 9.67 Å². The fraction of sp³-hybridized carbons (Fsp3) is 0.333. The van der Waals surface area contributed by atoms with Crippen LogP contribution in [-0.2, 0) is 0 Å².